The molecule has 3 aromatic heterocycles. The van der Waals surface area contributed by atoms with E-state index in [2.05, 4.69) is 38.2 Å². The first-order valence-corrected chi connectivity index (χ1v) is 19.0. The molecule has 2 fully saturated rings. The molecule has 4 aromatic rings. The lowest BCUT2D eigenvalue weighted by molar-refractivity contribution is -0.142. The van der Waals surface area contributed by atoms with Gasteiger partial charge in [0.2, 0.25) is 0 Å². The number of piperazine rings is 1. The number of allylic oxidation sites excluding steroid dienone is 2. The third-order valence-corrected chi connectivity index (χ3v) is 12.0. The molecule has 276 valence electrons. The molecule has 0 radical (unpaired) electrons. The van der Waals surface area contributed by atoms with Gasteiger partial charge in [-0.1, -0.05) is 24.8 Å². The highest BCUT2D eigenvalue weighted by Gasteiger charge is 2.35. The zero-order valence-corrected chi connectivity index (χ0v) is 30.8. The summed E-state index contributed by atoms with van der Waals surface area (Å²) in [6.45, 7) is 7.67. The third kappa shape index (κ3) is 6.79. The van der Waals surface area contributed by atoms with Crippen molar-refractivity contribution >= 4 is 34.9 Å². The molecule has 12 nitrogen and oxygen atoms in total. The van der Waals surface area contributed by atoms with E-state index in [-0.39, 0.29) is 35.0 Å². The van der Waals surface area contributed by atoms with Gasteiger partial charge < -0.3 is 24.3 Å². The van der Waals surface area contributed by atoms with Crippen LogP contribution in [0.25, 0.3) is 16.8 Å². The Bertz CT molecular complexity index is 2220. The maximum absolute atomic E-state index is 15.6. The lowest BCUT2D eigenvalue weighted by Gasteiger charge is -2.47. The fourth-order valence-corrected chi connectivity index (χ4v) is 9.12. The Balaban J connectivity index is 1.12. The molecule has 0 bridgehead atoms. The van der Waals surface area contributed by atoms with Crippen LogP contribution in [0.2, 0.25) is 0 Å². The first kappa shape index (κ1) is 35.3. The third-order valence-electron chi connectivity index (χ3n) is 10.7. The molecule has 6 heterocycles. The van der Waals surface area contributed by atoms with Crippen molar-refractivity contribution in [3.8, 4) is 16.8 Å². The highest BCUT2D eigenvalue weighted by atomic mass is 32.2. The van der Waals surface area contributed by atoms with Crippen molar-refractivity contribution in [3.05, 3.63) is 97.6 Å². The van der Waals surface area contributed by atoms with E-state index in [1.165, 1.54) is 40.1 Å². The fourth-order valence-electron chi connectivity index (χ4n) is 7.81. The van der Waals surface area contributed by atoms with Crippen LogP contribution in [-0.4, -0.2) is 75.1 Å². The van der Waals surface area contributed by atoms with Crippen LogP contribution in [0.1, 0.15) is 56.6 Å². The van der Waals surface area contributed by atoms with Gasteiger partial charge in [-0.2, -0.15) is 9.78 Å². The average molecular weight is 740 g/mol. The summed E-state index contributed by atoms with van der Waals surface area (Å²) < 4.78 is 29.1. The second-order valence-corrected chi connectivity index (χ2v) is 15.2. The largest absolute Gasteiger partial charge is 0.461 e. The number of rotatable bonds is 9. The Morgan fingerprint density at radius 3 is 2.72 bits per heavy atom. The van der Waals surface area contributed by atoms with Gasteiger partial charge in [-0.15, -0.1) is 0 Å². The highest BCUT2D eigenvalue weighted by Crippen LogP contribution is 2.51. The van der Waals surface area contributed by atoms with Crippen molar-refractivity contribution in [3.63, 3.8) is 0 Å². The molecular formula is C39H42FN7O5S. The molecule has 0 spiro atoms. The Morgan fingerprint density at radius 1 is 1.13 bits per heavy atom. The molecule has 0 saturated carbocycles. The molecule has 1 N–H and O–H groups in total. The van der Waals surface area contributed by atoms with E-state index in [1.807, 2.05) is 18.3 Å². The number of hydrogen-bond acceptors (Lipinski definition) is 11. The van der Waals surface area contributed by atoms with Gasteiger partial charge in [0.05, 0.1) is 47.9 Å². The Hall–Kier alpha value is -4.79. The quantitative estimate of drug-likeness (QED) is 0.219. The summed E-state index contributed by atoms with van der Waals surface area (Å²) in [6, 6.07) is 8.88. The van der Waals surface area contributed by atoms with Crippen molar-refractivity contribution in [2.75, 3.05) is 43.1 Å². The second-order valence-electron chi connectivity index (χ2n) is 14.1. The fraction of sp³-hybridized carbons (Fsp3) is 0.410. The number of aryl methyl sites for hydroxylation is 1. The van der Waals surface area contributed by atoms with Crippen molar-refractivity contribution in [1.29, 1.82) is 0 Å². The highest BCUT2D eigenvalue weighted by molar-refractivity contribution is 8.03. The summed E-state index contributed by atoms with van der Waals surface area (Å²) in [4.78, 5) is 50.8. The van der Waals surface area contributed by atoms with Gasteiger partial charge in [0, 0.05) is 69.0 Å². The van der Waals surface area contributed by atoms with Crippen LogP contribution < -0.4 is 21.3 Å². The zero-order valence-electron chi connectivity index (χ0n) is 30.0. The first-order chi connectivity index (χ1) is 25.7. The summed E-state index contributed by atoms with van der Waals surface area (Å²) in [5.41, 5.74) is 2.80. The zero-order chi connectivity index (χ0) is 36.8. The van der Waals surface area contributed by atoms with E-state index in [1.54, 1.807) is 25.5 Å². The van der Waals surface area contributed by atoms with E-state index in [0.29, 0.717) is 39.5 Å². The second kappa shape index (κ2) is 14.6. The minimum Gasteiger partial charge on any atom is -0.461 e. The number of aromatic nitrogens is 4. The van der Waals surface area contributed by atoms with E-state index < -0.39 is 11.8 Å². The number of carbonyl (C=O) groups excluding carboxylic acids is 1. The number of fused-ring (bicyclic) bond motifs is 3. The summed E-state index contributed by atoms with van der Waals surface area (Å²) in [7, 11) is 1.61. The molecule has 3 aliphatic heterocycles. The lowest BCUT2D eigenvalue weighted by Crippen LogP contribution is -2.60. The number of carbonyl (C=O) groups is 1. The summed E-state index contributed by atoms with van der Waals surface area (Å²) in [6.07, 6.45) is 11.3. The monoisotopic (exact) mass is 739 g/mol. The minimum absolute atomic E-state index is 0.154. The van der Waals surface area contributed by atoms with Crippen LogP contribution in [-0.2, 0) is 27.9 Å². The normalized spacial score (nSPS) is 20.0. The first-order valence-electron chi connectivity index (χ1n) is 18.2. The number of nitrogens with one attached hydrogen (secondary N) is 1. The smallest absolute Gasteiger partial charge is 0.302 e. The number of anilines is 3. The molecule has 53 heavy (non-hydrogen) atoms. The summed E-state index contributed by atoms with van der Waals surface area (Å²) in [5.74, 6) is -0.526. The number of thioether (sulfide) groups is 1. The number of halogens is 1. The molecule has 1 aliphatic carbocycles. The van der Waals surface area contributed by atoms with Crippen molar-refractivity contribution in [1.82, 2.24) is 24.2 Å². The van der Waals surface area contributed by atoms with Gasteiger partial charge in [-0.05, 0) is 66.0 Å². The van der Waals surface area contributed by atoms with Gasteiger partial charge in [0.25, 0.3) is 11.1 Å². The number of ether oxygens (including phenoxy) is 2. The topological polar surface area (TPSA) is 124 Å². The molecule has 2 saturated heterocycles. The average Bonchev–Trinajstić information content (AvgIpc) is 3.52. The molecule has 1 unspecified atom stereocenters. The van der Waals surface area contributed by atoms with Gasteiger partial charge >= 0.3 is 5.97 Å². The molecule has 1 aromatic carbocycles. The van der Waals surface area contributed by atoms with Crippen LogP contribution in [0, 0.1) is 5.82 Å². The summed E-state index contributed by atoms with van der Waals surface area (Å²) in [5, 5.41) is 7.69. The standard InChI is InChI=1S/C39H42FN7O5S/c1-4-26-19-45(28-20-51-21-28)11-12-46(26)27-9-10-36(41-16-27)43-33-13-24(18-44(3)38(33)49)30-14-25(40)15-34(32(30)22-52-23(2)48)47-39(50)37-31(17-42-47)29-7-5-6-8-35(29)53-37/h8-10,13-18,26,28-29H,4-7,11-12,19-22H2,1-3H3,(H,41,43)/t26-,29?/m0/s1. The minimum atomic E-state index is -0.618. The SMILES string of the molecule is CC[C@H]1CN(C2COC2)CCN1c1ccc(Nc2cc(-c3cc(F)cc(-n4ncc5c(c4=O)SC4=CCCCC45)c3COC(C)=O)cn(C)c2=O)nc1. The molecular weight excluding hydrogens is 698 g/mol. The van der Waals surface area contributed by atoms with E-state index in [0.717, 1.165) is 74.7 Å². The van der Waals surface area contributed by atoms with Gasteiger partial charge in [-0.25, -0.2) is 9.37 Å². The molecule has 14 heteroatoms. The van der Waals surface area contributed by atoms with Crippen LogP contribution in [0.4, 0.5) is 21.6 Å². The van der Waals surface area contributed by atoms with Gasteiger partial charge in [0.15, 0.2) is 0 Å². The molecule has 4 aliphatic rings. The van der Waals surface area contributed by atoms with Gasteiger partial charge in [0.1, 0.15) is 23.9 Å². The number of hydrogen-bond donors (Lipinski definition) is 1. The van der Waals surface area contributed by atoms with Crippen LogP contribution in [0.5, 0.6) is 0 Å². The van der Waals surface area contributed by atoms with E-state index in [9.17, 15) is 14.4 Å². The maximum atomic E-state index is 15.6. The van der Waals surface area contributed by atoms with Crippen LogP contribution in [0.15, 0.2) is 74.4 Å². The molecule has 8 rings (SSSR count). The lowest BCUT2D eigenvalue weighted by atomic mass is 9.90. The van der Waals surface area contributed by atoms with E-state index in [4.69, 9.17) is 9.47 Å². The predicted octanol–water partition coefficient (Wildman–Crippen LogP) is 5.50. The van der Waals surface area contributed by atoms with Crippen molar-refractivity contribution in [2.24, 2.45) is 7.05 Å². The number of esters is 1. The predicted molar refractivity (Wildman–Crippen MR) is 202 cm³/mol. The van der Waals surface area contributed by atoms with Crippen molar-refractivity contribution < 1.29 is 18.7 Å². The number of nitrogens with zero attached hydrogens (tertiary/aromatic N) is 6. The Kier molecular flexibility index (Phi) is 9.68. The Labute approximate surface area is 310 Å². The maximum Gasteiger partial charge on any atom is 0.302 e. The molecule has 0 amide bonds. The number of benzene rings is 1. The molecule has 2 atom stereocenters. The van der Waals surface area contributed by atoms with Gasteiger partial charge in [-0.3, -0.25) is 19.3 Å². The Morgan fingerprint density at radius 2 is 1.98 bits per heavy atom. The van der Waals surface area contributed by atoms with E-state index >= 15 is 4.39 Å². The number of pyridine rings is 2. The summed E-state index contributed by atoms with van der Waals surface area (Å²) >= 11 is 1.45. The van der Waals surface area contributed by atoms with Crippen LogP contribution in [0.3, 0.4) is 0 Å². The van der Waals surface area contributed by atoms with Crippen LogP contribution >= 0.6 is 11.8 Å². The van der Waals surface area contributed by atoms with Crippen molar-refractivity contribution in [2.45, 2.75) is 69.0 Å².